The van der Waals surface area contributed by atoms with Gasteiger partial charge in [0, 0.05) is 38.1 Å². The van der Waals surface area contributed by atoms with Crippen molar-refractivity contribution >= 4 is 23.3 Å². The molecule has 3 atom stereocenters. The Morgan fingerprint density at radius 3 is 2.53 bits per heavy atom. The van der Waals surface area contributed by atoms with Crippen molar-refractivity contribution in [3.8, 4) is 0 Å². The molecule has 0 bridgehead atoms. The summed E-state index contributed by atoms with van der Waals surface area (Å²) in [5, 5.41) is 27.7. The van der Waals surface area contributed by atoms with Crippen molar-refractivity contribution in [3.63, 3.8) is 0 Å². The van der Waals surface area contributed by atoms with E-state index in [0.29, 0.717) is 6.42 Å². The van der Waals surface area contributed by atoms with E-state index in [4.69, 9.17) is 21.5 Å². The van der Waals surface area contributed by atoms with Crippen LogP contribution >= 0.6 is 0 Å². The molecule has 1 saturated heterocycles. The number of hydrogen-bond acceptors (Lipinski definition) is 7. The summed E-state index contributed by atoms with van der Waals surface area (Å²) in [5.74, 6) is -1.93. The Balaban J connectivity index is 2.17. The van der Waals surface area contributed by atoms with Gasteiger partial charge < -0.3 is 26.6 Å². The van der Waals surface area contributed by atoms with E-state index in [1.54, 1.807) is 6.92 Å². The number of rotatable bonds is 11. The maximum atomic E-state index is 13.2. The van der Waals surface area contributed by atoms with Gasteiger partial charge in [-0.15, -0.1) is 0 Å². The molecule has 7 N–H and O–H groups in total. The standard InChI is InChI=1S/C18H31BN4O6S/c1-2-22(12-16(20)14-7-4-3-5-8-14)30(28,29)23-11-15(9-6-10-19(26)27)18(21,13-23)17(24)25/h3-5,7-8,15-16,26-27H,2,6,9-13,20-21H2,1H3,(H,24,25)/t15-,16-,18-/m0/s1. The Labute approximate surface area is 177 Å². The number of carboxylic acid groups (broad SMARTS) is 1. The summed E-state index contributed by atoms with van der Waals surface area (Å²) in [5.41, 5.74) is 11.4. The molecule has 1 aliphatic heterocycles. The summed E-state index contributed by atoms with van der Waals surface area (Å²) in [6.45, 7) is 1.51. The molecular formula is C18H31BN4O6S. The van der Waals surface area contributed by atoms with Crippen molar-refractivity contribution in [1.82, 2.24) is 8.61 Å². The fourth-order valence-corrected chi connectivity index (χ4v) is 5.53. The first-order chi connectivity index (χ1) is 14.0. The van der Waals surface area contributed by atoms with E-state index in [2.05, 4.69) is 0 Å². The number of aliphatic carboxylic acids is 1. The topological polar surface area (TPSA) is 170 Å². The Morgan fingerprint density at radius 1 is 1.37 bits per heavy atom. The SMILES string of the molecule is CCN(C[C@H](N)c1ccccc1)S(=O)(=O)N1C[C@H](CCCB(O)O)[C@](N)(C(=O)O)C1. The Hall–Kier alpha value is -1.54. The van der Waals surface area contributed by atoms with E-state index < -0.39 is 40.8 Å². The Kier molecular flexibility index (Phi) is 8.39. The summed E-state index contributed by atoms with van der Waals surface area (Å²) in [7, 11) is -5.49. The second kappa shape index (κ2) is 10.2. The molecule has 0 spiro atoms. The lowest BCUT2D eigenvalue weighted by Gasteiger charge is -2.29. The Morgan fingerprint density at radius 2 is 2.00 bits per heavy atom. The van der Waals surface area contributed by atoms with E-state index in [-0.39, 0.29) is 38.9 Å². The largest absolute Gasteiger partial charge is 0.480 e. The van der Waals surface area contributed by atoms with E-state index in [1.165, 1.54) is 4.31 Å². The first-order valence-electron chi connectivity index (χ1n) is 9.96. The molecule has 2 rings (SSSR count). The van der Waals surface area contributed by atoms with Crippen LogP contribution in [0.25, 0.3) is 0 Å². The number of hydrogen-bond donors (Lipinski definition) is 5. The maximum absolute atomic E-state index is 13.2. The first kappa shape index (κ1) is 24.7. The highest BCUT2D eigenvalue weighted by atomic mass is 32.2. The van der Waals surface area contributed by atoms with Gasteiger partial charge in [0.15, 0.2) is 0 Å². The monoisotopic (exact) mass is 442 g/mol. The fraction of sp³-hybridized carbons (Fsp3) is 0.611. The van der Waals surface area contributed by atoms with Gasteiger partial charge in [0.1, 0.15) is 5.54 Å². The van der Waals surface area contributed by atoms with Gasteiger partial charge in [-0.05, 0) is 18.3 Å². The molecule has 30 heavy (non-hydrogen) atoms. The first-order valence-corrected chi connectivity index (χ1v) is 11.4. The van der Waals surface area contributed by atoms with Crippen molar-refractivity contribution in [3.05, 3.63) is 35.9 Å². The number of benzene rings is 1. The van der Waals surface area contributed by atoms with Gasteiger partial charge in [0.05, 0.1) is 0 Å². The third kappa shape index (κ3) is 5.58. The molecule has 1 aromatic carbocycles. The number of likely N-dealkylation sites (N-methyl/N-ethyl adjacent to an activating group) is 1. The van der Waals surface area contributed by atoms with Crippen LogP contribution in [0.1, 0.15) is 31.4 Å². The van der Waals surface area contributed by atoms with Gasteiger partial charge in [-0.3, -0.25) is 4.79 Å². The third-order valence-electron chi connectivity index (χ3n) is 5.64. The van der Waals surface area contributed by atoms with Gasteiger partial charge in [-0.2, -0.15) is 17.0 Å². The highest BCUT2D eigenvalue weighted by Gasteiger charge is 2.53. The second-order valence-corrected chi connectivity index (χ2v) is 9.65. The molecule has 0 aromatic heterocycles. The average Bonchev–Trinajstić information content (AvgIpc) is 3.05. The molecule has 0 aliphatic carbocycles. The summed E-state index contributed by atoms with van der Waals surface area (Å²) < 4.78 is 28.8. The summed E-state index contributed by atoms with van der Waals surface area (Å²) in [4.78, 5) is 11.8. The zero-order chi connectivity index (χ0) is 22.5. The lowest BCUT2D eigenvalue weighted by Crippen LogP contribution is -2.55. The van der Waals surface area contributed by atoms with Gasteiger partial charge in [0.25, 0.3) is 10.2 Å². The predicted octanol–water partition coefficient (Wildman–Crippen LogP) is -0.780. The van der Waals surface area contributed by atoms with E-state index >= 15 is 0 Å². The van der Waals surface area contributed by atoms with E-state index in [1.807, 2.05) is 30.3 Å². The van der Waals surface area contributed by atoms with Crippen LogP contribution in [0.5, 0.6) is 0 Å². The molecule has 0 unspecified atom stereocenters. The minimum Gasteiger partial charge on any atom is -0.480 e. The quantitative estimate of drug-likeness (QED) is 0.278. The lowest BCUT2D eigenvalue weighted by molar-refractivity contribution is -0.144. The Bertz CT molecular complexity index is 812. The minimum atomic E-state index is -3.99. The number of carboxylic acids is 1. The molecule has 0 radical (unpaired) electrons. The molecule has 12 heteroatoms. The average molecular weight is 442 g/mol. The normalized spacial score (nSPS) is 23.6. The van der Waals surface area contributed by atoms with Crippen LogP contribution in [0.4, 0.5) is 0 Å². The molecule has 1 fully saturated rings. The zero-order valence-corrected chi connectivity index (χ0v) is 17.9. The van der Waals surface area contributed by atoms with Crippen molar-refractivity contribution in [2.24, 2.45) is 17.4 Å². The fourth-order valence-electron chi connectivity index (χ4n) is 3.78. The summed E-state index contributed by atoms with van der Waals surface area (Å²) in [6, 6.07) is 8.60. The molecule has 1 aromatic rings. The molecule has 168 valence electrons. The van der Waals surface area contributed by atoms with E-state index in [0.717, 1.165) is 9.87 Å². The van der Waals surface area contributed by atoms with Crippen molar-refractivity contribution in [1.29, 1.82) is 0 Å². The van der Waals surface area contributed by atoms with Crippen LogP contribution < -0.4 is 11.5 Å². The van der Waals surface area contributed by atoms with Gasteiger partial charge in [0.2, 0.25) is 0 Å². The van der Waals surface area contributed by atoms with Crippen molar-refractivity contribution in [2.75, 3.05) is 26.2 Å². The second-order valence-electron chi connectivity index (χ2n) is 7.72. The highest BCUT2D eigenvalue weighted by Crippen LogP contribution is 2.33. The zero-order valence-electron chi connectivity index (χ0n) is 17.1. The van der Waals surface area contributed by atoms with Gasteiger partial charge >= 0.3 is 13.1 Å². The predicted molar refractivity (Wildman–Crippen MR) is 113 cm³/mol. The molecule has 1 heterocycles. The van der Waals surface area contributed by atoms with E-state index in [9.17, 15) is 18.3 Å². The van der Waals surface area contributed by atoms with Crippen LogP contribution in [0.2, 0.25) is 6.32 Å². The molecule has 1 aliphatic rings. The summed E-state index contributed by atoms with van der Waals surface area (Å²) in [6.07, 6.45) is 0.646. The number of nitrogens with two attached hydrogens (primary N) is 2. The van der Waals surface area contributed by atoms with Crippen LogP contribution in [0.3, 0.4) is 0 Å². The summed E-state index contributed by atoms with van der Waals surface area (Å²) >= 11 is 0. The van der Waals surface area contributed by atoms with Crippen LogP contribution in [-0.4, -0.2) is 77.0 Å². The van der Waals surface area contributed by atoms with Gasteiger partial charge in [-0.25, -0.2) is 0 Å². The highest BCUT2D eigenvalue weighted by molar-refractivity contribution is 7.86. The molecule has 10 nitrogen and oxygen atoms in total. The van der Waals surface area contributed by atoms with Crippen molar-refractivity contribution in [2.45, 2.75) is 37.7 Å². The molecule has 0 saturated carbocycles. The van der Waals surface area contributed by atoms with Crippen molar-refractivity contribution < 1.29 is 28.4 Å². The molecular weight excluding hydrogens is 411 g/mol. The smallest absolute Gasteiger partial charge is 0.451 e. The maximum Gasteiger partial charge on any atom is 0.451 e. The van der Waals surface area contributed by atoms with Gasteiger partial charge in [-0.1, -0.05) is 43.7 Å². The van der Waals surface area contributed by atoms with Crippen LogP contribution in [-0.2, 0) is 15.0 Å². The van der Waals surface area contributed by atoms with Crippen LogP contribution in [0.15, 0.2) is 30.3 Å². The lowest BCUT2D eigenvalue weighted by atomic mass is 9.78. The number of carbonyl (C=O) groups is 1. The van der Waals surface area contributed by atoms with Crippen LogP contribution in [0, 0.1) is 5.92 Å². The third-order valence-corrected chi connectivity index (χ3v) is 7.63. The molecule has 0 amide bonds. The number of nitrogens with zero attached hydrogens (tertiary/aromatic N) is 2. The minimum absolute atomic E-state index is 0.0470.